The molecule has 0 amide bonds. The monoisotopic (exact) mass is 194 g/mol. The Kier molecular flexibility index (Phi) is 3.59. The number of ether oxygens (including phenoxy) is 1. The van der Waals surface area contributed by atoms with E-state index in [1.807, 2.05) is 6.92 Å². The maximum atomic E-state index is 11.4. The molecule has 4 heteroatoms. The van der Waals surface area contributed by atoms with E-state index >= 15 is 0 Å². The highest BCUT2D eigenvalue weighted by atomic mass is 16.5. The summed E-state index contributed by atoms with van der Waals surface area (Å²) in [6, 6.07) is 1.80. The van der Waals surface area contributed by atoms with Crippen LogP contribution in [-0.4, -0.2) is 17.6 Å². The number of pyridine rings is 1. The second kappa shape index (κ2) is 4.72. The quantitative estimate of drug-likeness (QED) is 0.730. The lowest BCUT2D eigenvalue weighted by atomic mass is 10.1. The number of esters is 1. The minimum Gasteiger partial charge on any atom is -0.462 e. The van der Waals surface area contributed by atoms with Gasteiger partial charge in [0.15, 0.2) is 0 Å². The van der Waals surface area contributed by atoms with Gasteiger partial charge in [0, 0.05) is 18.4 Å². The van der Waals surface area contributed by atoms with Crippen LogP contribution in [-0.2, 0) is 11.3 Å². The summed E-state index contributed by atoms with van der Waals surface area (Å²) in [4.78, 5) is 15.5. The Morgan fingerprint density at radius 2 is 2.36 bits per heavy atom. The van der Waals surface area contributed by atoms with Gasteiger partial charge in [-0.15, -0.1) is 0 Å². The van der Waals surface area contributed by atoms with E-state index in [0.717, 1.165) is 11.3 Å². The molecule has 0 unspecified atom stereocenters. The number of nitrogens with two attached hydrogens (primary N) is 1. The molecule has 2 N–H and O–H groups in total. The summed E-state index contributed by atoms with van der Waals surface area (Å²) in [6.07, 6.45) is 1.51. The van der Waals surface area contributed by atoms with Gasteiger partial charge in [0.05, 0.1) is 12.2 Å². The maximum absolute atomic E-state index is 11.4. The Bertz CT molecular complexity index is 337. The highest BCUT2D eigenvalue weighted by molar-refractivity contribution is 5.90. The van der Waals surface area contributed by atoms with Crippen LogP contribution in [0.25, 0.3) is 0 Å². The normalized spacial score (nSPS) is 9.93. The fourth-order valence-corrected chi connectivity index (χ4v) is 1.18. The van der Waals surface area contributed by atoms with Crippen molar-refractivity contribution >= 4 is 5.97 Å². The fourth-order valence-electron chi connectivity index (χ4n) is 1.18. The SMILES string of the molecule is CCOC(=O)c1cnc(C)cc1CN. The van der Waals surface area contributed by atoms with Gasteiger partial charge in [-0.05, 0) is 25.5 Å². The summed E-state index contributed by atoms with van der Waals surface area (Å²) in [5, 5.41) is 0. The molecule has 0 bridgehead atoms. The minimum atomic E-state index is -0.361. The van der Waals surface area contributed by atoms with Crippen LogP contribution < -0.4 is 5.73 Å². The summed E-state index contributed by atoms with van der Waals surface area (Å²) < 4.78 is 4.88. The van der Waals surface area contributed by atoms with Crippen LogP contribution in [0.5, 0.6) is 0 Å². The van der Waals surface area contributed by atoms with E-state index < -0.39 is 0 Å². The lowest BCUT2D eigenvalue weighted by molar-refractivity contribution is 0.0524. The van der Waals surface area contributed by atoms with Gasteiger partial charge in [-0.1, -0.05) is 0 Å². The smallest absolute Gasteiger partial charge is 0.340 e. The highest BCUT2D eigenvalue weighted by Crippen LogP contribution is 2.10. The average Bonchev–Trinajstić information content (AvgIpc) is 2.17. The number of aromatic nitrogens is 1. The van der Waals surface area contributed by atoms with E-state index in [-0.39, 0.29) is 5.97 Å². The molecule has 0 aliphatic rings. The molecule has 14 heavy (non-hydrogen) atoms. The van der Waals surface area contributed by atoms with Crippen molar-refractivity contribution in [3.8, 4) is 0 Å². The molecule has 1 heterocycles. The molecule has 4 nitrogen and oxygen atoms in total. The Hall–Kier alpha value is -1.42. The molecule has 0 radical (unpaired) electrons. The van der Waals surface area contributed by atoms with Crippen molar-refractivity contribution in [3.05, 3.63) is 29.1 Å². The van der Waals surface area contributed by atoms with E-state index in [2.05, 4.69) is 4.98 Å². The van der Waals surface area contributed by atoms with Crippen molar-refractivity contribution < 1.29 is 9.53 Å². The molecule has 0 atom stereocenters. The molecule has 1 aromatic heterocycles. The van der Waals surface area contributed by atoms with E-state index in [4.69, 9.17) is 10.5 Å². The van der Waals surface area contributed by atoms with Crippen LogP contribution in [0.15, 0.2) is 12.3 Å². The lowest BCUT2D eigenvalue weighted by Crippen LogP contribution is -2.11. The van der Waals surface area contributed by atoms with Crippen LogP contribution in [0.4, 0.5) is 0 Å². The molecule has 1 rings (SSSR count). The molecule has 0 saturated heterocycles. The van der Waals surface area contributed by atoms with Crippen LogP contribution in [0, 0.1) is 6.92 Å². The first-order chi connectivity index (χ1) is 6.69. The van der Waals surface area contributed by atoms with Gasteiger partial charge in [0.1, 0.15) is 0 Å². The Morgan fingerprint density at radius 3 is 2.93 bits per heavy atom. The zero-order valence-corrected chi connectivity index (χ0v) is 8.41. The summed E-state index contributed by atoms with van der Waals surface area (Å²) in [6.45, 7) is 4.30. The van der Waals surface area contributed by atoms with Gasteiger partial charge in [0.25, 0.3) is 0 Å². The van der Waals surface area contributed by atoms with Gasteiger partial charge < -0.3 is 10.5 Å². The van der Waals surface area contributed by atoms with Crippen molar-refractivity contribution in [1.82, 2.24) is 4.98 Å². The van der Waals surface area contributed by atoms with Gasteiger partial charge in [0.2, 0.25) is 0 Å². The Labute approximate surface area is 83.1 Å². The standard InChI is InChI=1S/C10H14N2O2/c1-3-14-10(13)9-6-12-7(2)4-8(9)5-11/h4,6H,3,5,11H2,1-2H3. The summed E-state index contributed by atoms with van der Waals surface area (Å²) in [5.41, 5.74) is 7.60. The first kappa shape index (κ1) is 10.7. The van der Waals surface area contributed by atoms with E-state index in [9.17, 15) is 4.79 Å². The summed E-state index contributed by atoms with van der Waals surface area (Å²) >= 11 is 0. The number of carbonyl (C=O) groups is 1. The number of aryl methyl sites for hydroxylation is 1. The molecular weight excluding hydrogens is 180 g/mol. The zero-order chi connectivity index (χ0) is 10.6. The Morgan fingerprint density at radius 1 is 1.64 bits per heavy atom. The fraction of sp³-hybridized carbons (Fsp3) is 0.400. The van der Waals surface area contributed by atoms with Crippen molar-refractivity contribution in [3.63, 3.8) is 0 Å². The summed E-state index contributed by atoms with van der Waals surface area (Å²) in [5.74, 6) is -0.361. The van der Waals surface area contributed by atoms with E-state index in [0.29, 0.717) is 18.7 Å². The topological polar surface area (TPSA) is 65.2 Å². The molecular formula is C10H14N2O2. The largest absolute Gasteiger partial charge is 0.462 e. The molecule has 1 aromatic rings. The maximum Gasteiger partial charge on any atom is 0.340 e. The zero-order valence-electron chi connectivity index (χ0n) is 8.41. The highest BCUT2D eigenvalue weighted by Gasteiger charge is 2.11. The number of hydrogen-bond donors (Lipinski definition) is 1. The van der Waals surface area contributed by atoms with Gasteiger partial charge >= 0.3 is 5.97 Å². The molecule has 0 aromatic carbocycles. The first-order valence-corrected chi connectivity index (χ1v) is 4.51. The van der Waals surface area contributed by atoms with Gasteiger partial charge in [-0.3, -0.25) is 4.98 Å². The first-order valence-electron chi connectivity index (χ1n) is 4.51. The second-order valence-corrected chi connectivity index (χ2v) is 2.91. The van der Waals surface area contributed by atoms with E-state index in [1.54, 1.807) is 13.0 Å². The molecule has 0 saturated carbocycles. The third-order valence-electron chi connectivity index (χ3n) is 1.84. The predicted octanol–water partition coefficient (Wildman–Crippen LogP) is 1.03. The second-order valence-electron chi connectivity index (χ2n) is 2.91. The number of hydrogen-bond acceptors (Lipinski definition) is 4. The number of carbonyl (C=O) groups excluding carboxylic acids is 1. The van der Waals surface area contributed by atoms with Crippen molar-refractivity contribution in [2.24, 2.45) is 5.73 Å². The molecule has 0 aliphatic carbocycles. The van der Waals surface area contributed by atoms with Crippen molar-refractivity contribution in [1.29, 1.82) is 0 Å². The van der Waals surface area contributed by atoms with Crippen LogP contribution in [0.1, 0.15) is 28.5 Å². The molecule has 0 spiro atoms. The lowest BCUT2D eigenvalue weighted by Gasteiger charge is -2.06. The number of rotatable bonds is 3. The third kappa shape index (κ3) is 2.29. The summed E-state index contributed by atoms with van der Waals surface area (Å²) in [7, 11) is 0. The van der Waals surface area contributed by atoms with Gasteiger partial charge in [-0.2, -0.15) is 0 Å². The Balaban J connectivity index is 3.01. The number of nitrogens with zero attached hydrogens (tertiary/aromatic N) is 1. The predicted molar refractivity (Wildman–Crippen MR) is 52.8 cm³/mol. The molecule has 0 fully saturated rings. The molecule has 0 aliphatic heterocycles. The van der Waals surface area contributed by atoms with E-state index in [1.165, 1.54) is 6.20 Å². The molecule has 76 valence electrons. The average molecular weight is 194 g/mol. The van der Waals surface area contributed by atoms with Crippen LogP contribution in [0.3, 0.4) is 0 Å². The third-order valence-corrected chi connectivity index (χ3v) is 1.84. The van der Waals surface area contributed by atoms with Crippen molar-refractivity contribution in [2.45, 2.75) is 20.4 Å². The van der Waals surface area contributed by atoms with Crippen molar-refractivity contribution in [2.75, 3.05) is 6.61 Å². The van der Waals surface area contributed by atoms with Crippen LogP contribution >= 0.6 is 0 Å². The minimum absolute atomic E-state index is 0.317. The van der Waals surface area contributed by atoms with Crippen LogP contribution in [0.2, 0.25) is 0 Å². The van der Waals surface area contributed by atoms with Gasteiger partial charge in [-0.25, -0.2) is 4.79 Å².